The topological polar surface area (TPSA) is 71.1 Å². The molecule has 0 saturated heterocycles. The number of thiazole rings is 1. The van der Waals surface area contributed by atoms with Crippen LogP contribution < -0.4 is 10.6 Å². The molecule has 2 rings (SSSR count). The molecule has 0 unspecified atom stereocenters. The van der Waals surface area contributed by atoms with Gasteiger partial charge >= 0.3 is 0 Å². The van der Waals surface area contributed by atoms with Gasteiger partial charge in [0.05, 0.1) is 0 Å². The molecule has 2 aromatic rings. The molecule has 0 spiro atoms. The third-order valence-corrected chi connectivity index (χ3v) is 4.02. The second-order valence-electron chi connectivity index (χ2n) is 6.22. The molecule has 5 nitrogen and oxygen atoms in total. The fourth-order valence-corrected chi connectivity index (χ4v) is 2.53. The van der Waals surface area contributed by atoms with Gasteiger partial charge in [-0.05, 0) is 23.1 Å². The Kier molecular flexibility index (Phi) is 5.50. The number of benzene rings is 1. The fourth-order valence-electron chi connectivity index (χ4n) is 1.98. The van der Waals surface area contributed by atoms with Gasteiger partial charge in [0, 0.05) is 30.1 Å². The van der Waals surface area contributed by atoms with E-state index in [1.54, 1.807) is 11.6 Å². The van der Waals surface area contributed by atoms with Crippen LogP contribution in [0.4, 0.5) is 5.13 Å². The highest BCUT2D eigenvalue weighted by Crippen LogP contribution is 2.22. The van der Waals surface area contributed by atoms with Crippen molar-refractivity contribution in [1.29, 1.82) is 0 Å². The van der Waals surface area contributed by atoms with E-state index in [-0.39, 0.29) is 30.2 Å². The molecule has 122 valence electrons. The van der Waals surface area contributed by atoms with Crippen LogP contribution in [0.3, 0.4) is 0 Å². The highest BCUT2D eigenvalue weighted by Gasteiger charge is 2.14. The summed E-state index contributed by atoms with van der Waals surface area (Å²) in [6.45, 7) is 6.67. The van der Waals surface area contributed by atoms with Gasteiger partial charge in [0.1, 0.15) is 0 Å². The first kappa shape index (κ1) is 17.1. The number of nitrogens with one attached hydrogen (secondary N) is 2. The number of rotatable bonds is 5. The lowest BCUT2D eigenvalue weighted by Crippen LogP contribution is -2.27. The van der Waals surface area contributed by atoms with Gasteiger partial charge in [-0.15, -0.1) is 11.3 Å². The van der Waals surface area contributed by atoms with Crippen LogP contribution in [0.5, 0.6) is 0 Å². The quantitative estimate of drug-likeness (QED) is 0.884. The Bertz CT molecular complexity index is 658. The first-order valence-electron chi connectivity index (χ1n) is 7.44. The molecular weight excluding hydrogens is 310 g/mol. The fraction of sp³-hybridized carbons (Fsp3) is 0.353. The second-order valence-corrected chi connectivity index (χ2v) is 7.11. The van der Waals surface area contributed by atoms with Crippen LogP contribution in [-0.4, -0.2) is 23.3 Å². The van der Waals surface area contributed by atoms with Crippen molar-refractivity contribution in [3.8, 4) is 0 Å². The molecule has 23 heavy (non-hydrogen) atoms. The number of aromatic nitrogens is 1. The maximum absolute atomic E-state index is 12.1. The van der Waals surface area contributed by atoms with Gasteiger partial charge < -0.3 is 10.6 Å². The molecule has 0 aliphatic rings. The highest BCUT2D eigenvalue weighted by atomic mass is 32.1. The summed E-state index contributed by atoms with van der Waals surface area (Å²) in [6, 6.07) is 7.55. The van der Waals surface area contributed by atoms with E-state index in [0.717, 1.165) is 0 Å². The predicted octanol–water partition coefficient (Wildman–Crippen LogP) is 3.20. The summed E-state index contributed by atoms with van der Waals surface area (Å²) < 4.78 is 0. The maximum atomic E-state index is 12.1. The van der Waals surface area contributed by atoms with Crippen molar-refractivity contribution in [2.45, 2.75) is 32.6 Å². The van der Waals surface area contributed by atoms with Crippen molar-refractivity contribution < 1.29 is 9.59 Å². The van der Waals surface area contributed by atoms with Crippen LogP contribution in [0.15, 0.2) is 35.8 Å². The summed E-state index contributed by atoms with van der Waals surface area (Å²) in [7, 11) is 0. The van der Waals surface area contributed by atoms with Crippen molar-refractivity contribution in [3.05, 3.63) is 47.0 Å². The number of anilines is 1. The van der Waals surface area contributed by atoms with Crippen LogP contribution in [0.25, 0.3) is 0 Å². The van der Waals surface area contributed by atoms with E-state index in [1.165, 1.54) is 16.9 Å². The monoisotopic (exact) mass is 331 g/mol. The average molecular weight is 331 g/mol. The Morgan fingerprint density at radius 2 is 1.87 bits per heavy atom. The highest BCUT2D eigenvalue weighted by molar-refractivity contribution is 7.13. The number of amides is 2. The molecule has 2 amide bonds. The van der Waals surface area contributed by atoms with Crippen molar-refractivity contribution in [2.24, 2.45) is 0 Å². The lowest BCUT2D eigenvalue weighted by atomic mass is 9.87. The van der Waals surface area contributed by atoms with E-state index in [0.29, 0.717) is 10.7 Å². The predicted molar refractivity (Wildman–Crippen MR) is 92.8 cm³/mol. The molecule has 0 aliphatic carbocycles. The maximum Gasteiger partial charge on any atom is 0.251 e. The van der Waals surface area contributed by atoms with Gasteiger partial charge in [0.2, 0.25) is 5.91 Å². The Labute approximate surface area is 140 Å². The Balaban J connectivity index is 1.79. The van der Waals surface area contributed by atoms with Crippen molar-refractivity contribution in [3.63, 3.8) is 0 Å². The van der Waals surface area contributed by atoms with Gasteiger partial charge in [0.25, 0.3) is 5.91 Å². The van der Waals surface area contributed by atoms with Crippen LogP contribution in [-0.2, 0) is 10.2 Å². The number of hydrogen-bond acceptors (Lipinski definition) is 4. The summed E-state index contributed by atoms with van der Waals surface area (Å²) in [4.78, 5) is 27.7. The number of carbonyl (C=O) groups excluding carboxylic acids is 2. The average Bonchev–Trinajstić information content (AvgIpc) is 2.99. The molecule has 0 fully saturated rings. The van der Waals surface area contributed by atoms with Crippen molar-refractivity contribution >= 4 is 28.3 Å². The molecule has 0 bridgehead atoms. The molecule has 0 aliphatic heterocycles. The molecule has 0 atom stereocenters. The smallest absolute Gasteiger partial charge is 0.251 e. The summed E-state index contributed by atoms with van der Waals surface area (Å²) in [5.41, 5.74) is 1.83. The van der Waals surface area contributed by atoms with E-state index in [1.807, 2.05) is 24.3 Å². The van der Waals surface area contributed by atoms with E-state index >= 15 is 0 Å². The van der Waals surface area contributed by atoms with E-state index in [2.05, 4.69) is 36.4 Å². The Hall–Kier alpha value is -2.21. The van der Waals surface area contributed by atoms with Crippen molar-refractivity contribution in [1.82, 2.24) is 10.3 Å². The minimum atomic E-state index is -0.174. The number of carbonyl (C=O) groups is 2. The molecule has 2 N–H and O–H groups in total. The zero-order chi connectivity index (χ0) is 16.9. The van der Waals surface area contributed by atoms with Crippen LogP contribution in [0.1, 0.15) is 43.1 Å². The zero-order valence-corrected chi connectivity index (χ0v) is 14.4. The third kappa shape index (κ3) is 5.17. The summed E-state index contributed by atoms with van der Waals surface area (Å²) >= 11 is 1.36. The van der Waals surface area contributed by atoms with E-state index in [4.69, 9.17) is 0 Å². The van der Waals surface area contributed by atoms with Gasteiger partial charge in [-0.25, -0.2) is 4.98 Å². The van der Waals surface area contributed by atoms with Gasteiger partial charge in [0.15, 0.2) is 5.13 Å². The summed E-state index contributed by atoms with van der Waals surface area (Å²) in [6.07, 6.45) is 1.84. The summed E-state index contributed by atoms with van der Waals surface area (Å²) in [5.74, 6) is -0.337. The number of nitrogens with zero attached hydrogens (tertiary/aromatic N) is 1. The Morgan fingerprint density at radius 1 is 1.17 bits per heavy atom. The molecule has 0 radical (unpaired) electrons. The van der Waals surface area contributed by atoms with Gasteiger partial charge in [-0.3, -0.25) is 9.59 Å². The van der Waals surface area contributed by atoms with Crippen LogP contribution >= 0.6 is 11.3 Å². The van der Waals surface area contributed by atoms with Gasteiger partial charge in [-0.1, -0.05) is 32.9 Å². The Morgan fingerprint density at radius 3 is 2.43 bits per heavy atom. The minimum Gasteiger partial charge on any atom is -0.352 e. The third-order valence-electron chi connectivity index (χ3n) is 3.33. The zero-order valence-electron chi connectivity index (χ0n) is 13.6. The lowest BCUT2D eigenvalue weighted by molar-refractivity contribution is -0.116. The van der Waals surface area contributed by atoms with Gasteiger partial charge in [-0.2, -0.15) is 0 Å². The number of hydrogen-bond donors (Lipinski definition) is 2. The first-order chi connectivity index (χ1) is 10.9. The van der Waals surface area contributed by atoms with Crippen LogP contribution in [0, 0.1) is 0 Å². The minimum absolute atomic E-state index is 0.0585. The normalized spacial score (nSPS) is 11.1. The van der Waals surface area contributed by atoms with Crippen LogP contribution in [0.2, 0.25) is 0 Å². The SMILES string of the molecule is CC(C)(C)c1ccc(C(=O)NCCC(=O)Nc2nccs2)cc1. The largest absolute Gasteiger partial charge is 0.352 e. The molecule has 1 aromatic carbocycles. The molecule has 6 heteroatoms. The standard InChI is InChI=1S/C17H21N3O2S/c1-17(2,3)13-6-4-12(5-7-13)15(22)18-9-8-14(21)20-16-19-10-11-23-16/h4-7,10-11H,8-9H2,1-3H3,(H,18,22)(H,19,20,21). The molecular formula is C17H21N3O2S. The van der Waals surface area contributed by atoms with E-state index < -0.39 is 0 Å². The van der Waals surface area contributed by atoms with Crippen molar-refractivity contribution in [2.75, 3.05) is 11.9 Å². The van der Waals surface area contributed by atoms with E-state index in [9.17, 15) is 9.59 Å². The lowest BCUT2D eigenvalue weighted by Gasteiger charge is -2.19. The molecule has 1 aromatic heterocycles. The second kappa shape index (κ2) is 7.37. The summed E-state index contributed by atoms with van der Waals surface area (Å²) in [5, 5.41) is 7.79. The first-order valence-corrected chi connectivity index (χ1v) is 8.32. The molecule has 1 heterocycles. The molecule has 0 saturated carbocycles.